The molecule has 0 atom stereocenters. The number of nitrogens with two attached hydrogens (primary N) is 1. The van der Waals surface area contributed by atoms with E-state index in [0.29, 0.717) is 22.4 Å². The predicted octanol–water partition coefficient (Wildman–Crippen LogP) is 4.48. The van der Waals surface area contributed by atoms with Crippen molar-refractivity contribution in [1.29, 1.82) is 0 Å². The van der Waals surface area contributed by atoms with Crippen molar-refractivity contribution in [1.82, 2.24) is 20.3 Å². The number of aromatic nitrogens is 4. The third-order valence-corrected chi connectivity index (χ3v) is 5.72. The van der Waals surface area contributed by atoms with Crippen LogP contribution in [0, 0.1) is 0 Å². The first kappa shape index (κ1) is 19.1. The van der Waals surface area contributed by atoms with Crippen LogP contribution in [0.2, 0.25) is 5.02 Å². The molecule has 2 aromatic heterocycles. The van der Waals surface area contributed by atoms with E-state index in [4.69, 9.17) is 21.9 Å². The zero-order valence-electron chi connectivity index (χ0n) is 13.8. The van der Waals surface area contributed by atoms with Gasteiger partial charge in [0.15, 0.2) is 11.5 Å². The normalized spacial score (nSPS) is 15.6. The molecule has 0 unspecified atom stereocenters. The highest BCUT2D eigenvalue weighted by molar-refractivity contribution is 7.99. The van der Waals surface area contributed by atoms with E-state index in [2.05, 4.69) is 20.3 Å². The average Bonchev–Trinajstić information content (AvgIpc) is 3.28. The summed E-state index contributed by atoms with van der Waals surface area (Å²) in [5, 5.41) is 13.9. The highest BCUT2D eigenvalue weighted by Crippen LogP contribution is 2.35. The third kappa shape index (κ3) is 3.86. The van der Waals surface area contributed by atoms with E-state index in [-0.39, 0.29) is 12.4 Å². The van der Waals surface area contributed by atoms with Crippen LogP contribution >= 0.6 is 35.8 Å². The number of rotatable bonds is 4. The van der Waals surface area contributed by atoms with E-state index in [0.717, 1.165) is 35.6 Å². The van der Waals surface area contributed by atoms with Gasteiger partial charge in [0.1, 0.15) is 5.03 Å². The molecule has 0 radical (unpaired) electrons. The van der Waals surface area contributed by atoms with Crippen LogP contribution in [0.15, 0.2) is 50.8 Å². The van der Waals surface area contributed by atoms with Crippen LogP contribution in [-0.4, -0.2) is 20.3 Å². The van der Waals surface area contributed by atoms with Gasteiger partial charge in [0.2, 0.25) is 0 Å². The lowest BCUT2D eigenvalue weighted by atomic mass is 9.99. The summed E-state index contributed by atoms with van der Waals surface area (Å²) in [4.78, 5) is 5.36. The summed E-state index contributed by atoms with van der Waals surface area (Å²) in [6.45, 7) is 0. The monoisotopic (exact) mass is 409 g/mol. The molecule has 0 bridgehead atoms. The quantitative estimate of drug-likeness (QED) is 0.678. The number of hydrogen-bond acceptors (Lipinski definition) is 7. The minimum Gasteiger partial charge on any atom is -0.332 e. The standard InChI is InChI=1S/C17H16ClN5OS.ClH/c18-11-5-1-2-6-13(11)25-14-8-7-12(21-22-14)15-20-16(23-24-15)17(19)9-3-4-10-17;/h1-2,5-8H,3-4,9-10,19H2;1H. The lowest BCUT2D eigenvalue weighted by Crippen LogP contribution is -2.34. The summed E-state index contributed by atoms with van der Waals surface area (Å²) >= 11 is 7.62. The Hall–Kier alpha value is -1.67. The fraction of sp³-hybridized carbons (Fsp3) is 0.294. The summed E-state index contributed by atoms with van der Waals surface area (Å²) in [7, 11) is 0. The van der Waals surface area contributed by atoms with Gasteiger partial charge in [0.25, 0.3) is 5.89 Å². The first-order valence-corrected chi connectivity index (χ1v) is 9.23. The molecule has 6 nitrogen and oxygen atoms in total. The van der Waals surface area contributed by atoms with Crippen molar-refractivity contribution in [3.8, 4) is 11.6 Å². The van der Waals surface area contributed by atoms with E-state index in [1.54, 1.807) is 6.07 Å². The second-order valence-corrected chi connectivity index (χ2v) is 7.55. The van der Waals surface area contributed by atoms with E-state index in [1.165, 1.54) is 11.8 Å². The molecule has 1 aromatic carbocycles. The number of halogens is 2. The van der Waals surface area contributed by atoms with Crippen molar-refractivity contribution >= 4 is 35.8 Å². The summed E-state index contributed by atoms with van der Waals surface area (Å²) < 4.78 is 5.33. The van der Waals surface area contributed by atoms with Crippen LogP contribution in [0.1, 0.15) is 31.5 Å². The maximum absolute atomic E-state index is 6.36. The second-order valence-electron chi connectivity index (χ2n) is 6.08. The fourth-order valence-corrected chi connectivity index (χ4v) is 3.89. The molecule has 136 valence electrons. The lowest BCUT2D eigenvalue weighted by molar-refractivity contribution is 0.372. The molecule has 26 heavy (non-hydrogen) atoms. The first-order chi connectivity index (χ1) is 12.1. The van der Waals surface area contributed by atoms with E-state index in [1.807, 2.05) is 30.3 Å². The Bertz CT molecular complexity index is 881. The molecule has 0 spiro atoms. The fourth-order valence-electron chi connectivity index (χ4n) is 2.89. The van der Waals surface area contributed by atoms with Gasteiger partial charge in [-0.25, -0.2) is 0 Å². The molecule has 0 saturated heterocycles. The van der Waals surface area contributed by atoms with Crippen molar-refractivity contribution in [2.45, 2.75) is 41.1 Å². The first-order valence-electron chi connectivity index (χ1n) is 8.04. The predicted molar refractivity (Wildman–Crippen MR) is 102 cm³/mol. The van der Waals surface area contributed by atoms with Gasteiger partial charge in [-0.3, -0.25) is 0 Å². The second kappa shape index (κ2) is 7.92. The summed E-state index contributed by atoms with van der Waals surface area (Å²) in [5.74, 6) is 0.893. The minimum atomic E-state index is -0.477. The molecule has 4 rings (SSSR count). The summed E-state index contributed by atoms with van der Waals surface area (Å²) in [6, 6.07) is 11.3. The zero-order valence-corrected chi connectivity index (χ0v) is 16.2. The van der Waals surface area contributed by atoms with Crippen LogP contribution in [-0.2, 0) is 5.54 Å². The molecule has 1 aliphatic rings. The lowest BCUT2D eigenvalue weighted by Gasteiger charge is -2.17. The Morgan fingerprint density at radius 2 is 1.85 bits per heavy atom. The molecule has 0 aliphatic heterocycles. The summed E-state index contributed by atoms with van der Waals surface area (Å²) in [5.41, 5.74) is 6.41. The van der Waals surface area contributed by atoms with E-state index < -0.39 is 5.54 Å². The van der Waals surface area contributed by atoms with Crippen molar-refractivity contribution in [2.24, 2.45) is 5.73 Å². The van der Waals surface area contributed by atoms with Crippen molar-refractivity contribution in [2.75, 3.05) is 0 Å². The topological polar surface area (TPSA) is 90.7 Å². The molecule has 3 aromatic rings. The number of benzene rings is 1. The molecular weight excluding hydrogens is 393 g/mol. The van der Waals surface area contributed by atoms with Crippen LogP contribution in [0.5, 0.6) is 0 Å². The Kier molecular flexibility index (Phi) is 5.82. The van der Waals surface area contributed by atoms with Gasteiger partial charge in [0, 0.05) is 4.90 Å². The van der Waals surface area contributed by atoms with Crippen molar-refractivity contribution < 1.29 is 4.52 Å². The van der Waals surface area contributed by atoms with Gasteiger partial charge in [-0.05, 0) is 37.1 Å². The largest absolute Gasteiger partial charge is 0.332 e. The molecule has 2 N–H and O–H groups in total. The van der Waals surface area contributed by atoms with Crippen LogP contribution in [0.4, 0.5) is 0 Å². The van der Waals surface area contributed by atoms with Gasteiger partial charge in [-0.15, -0.1) is 22.6 Å². The van der Waals surface area contributed by atoms with Gasteiger partial charge in [-0.1, -0.05) is 53.5 Å². The average molecular weight is 410 g/mol. The molecule has 0 amide bonds. The third-order valence-electron chi connectivity index (χ3n) is 4.28. The van der Waals surface area contributed by atoms with Gasteiger partial charge in [-0.2, -0.15) is 4.98 Å². The molecule has 1 saturated carbocycles. The van der Waals surface area contributed by atoms with Gasteiger partial charge in [0.05, 0.1) is 10.6 Å². The Balaban J connectivity index is 0.00000196. The van der Waals surface area contributed by atoms with Crippen molar-refractivity contribution in [3.63, 3.8) is 0 Å². The Labute approximate surface area is 166 Å². The molecule has 9 heteroatoms. The SMILES string of the molecule is Cl.NC1(c2noc(-c3ccc(Sc4ccccc4Cl)nn3)n2)CCCC1. The van der Waals surface area contributed by atoms with Crippen LogP contribution < -0.4 is 5.73 Å². The number of hydrogen-bond donors (Lipinski definition) is 1. The van der Waals surface area contributed by atoms with E-state index >= 15 is 0 Å². The maximum atomic E-state index is 6.36. The van der Waals surface area contributed by atoms with E-state index in [9.17, 15) is 0 Å². The highest BCUT2D eigenvalue weighted by Gasteiger charge is 2.36. The smallest absolute Gasteiger partial charge is 0.278 e. The maximum Gasteiger partial charge on any atom is 0.278 e. The van der Waals surface area contributed by atoms with Gasteiger partial charge >= 0.3 is 0 Å². The molecule has 1 aliphatic carbocycles. The van der Waals surface area contributed by atoms with Crippen LogP contribution in [0.3, 0.4) is 0 Å². The molecule has 2 heterocycles. The zero-order chi connectivity index (χ0) is 17.3. The Morgan fingerprint density at radius 1 is 1.08 bits per heavy atom. The molecule has 1 fully saturated rings. The summed E-state index contributed by atoms with van der Waals surface area (Å²) in [6.07, 6.45) is 3.94. The molecular formula is C17H17Cl2N5OS. The van der Waals surface area contributed by atoms with Crippen LogP contribution in [0.25, 0.3) is 11.6 Å². The Morgan fingerprint density at radius 3 is 2.54 bits per heavy atom. The minimum absolute atomic E-state index is 0. The number of nitrogens with zero attached hydrogens (tertiary/aromatic N) is 4. The van der Waals surface area contributed by atoms with Crippen molar-refractivity contribution in [3.05, 3.63) is 47.2 Å². The van der Waals surface area contributed by atoms with Gasteiger partial charge < -0.3 is 10.3 Å². The highest BCUT2D eigenvalue weighted by atomic mass is 35.5.